The molecule has 0 saturated heterocycles. The van der Waals surface area contributed by atoms with Crippen molar-refractivity contribution in [3.05, 3.63) is 63.8 Å². The molecule has 4 rings (SSSR count). The number of para-hydroxylation sites is 1. The molecule has 0 bridgehead atoms. The molecule has 1 aliphatic rings. The van der Waals surface area contributed by atoms with Gasteiger partial charge in [-0.05, 0) is 43.5 Å². The summed E-state index contributed by atoms with van der Waals surface area (Å²) in [5.41, 5.74) is 0.0778. The summed E-state index contributed by atoms with van der Waals surface area (Å²) in [6.45, 7) is 1.77. The summed E-state index contributed by atoms with van der Waals surface area (Å²) in [6.07, 6.45) is -4.99. The molecule has 0 spiro atoms. The van der Waals surface area contributed by atoms with Crippen molar-refractivity contribution in [2.24, 2.45) is 5.92 Å². The Hall–Kier alpha value is -3.29. The van der Waals surface area contributed by atoms with Crippen LogP contribution in [0, 0.1) is 12.8 Å². The van der Waals surface area contributed by atoms with Crippen LogP contribution in [0.25, 0.3) is 22.3 Å². The van der Waals surface area contributed by atoms with E-state index in [1.54, 1.807) is 25.1 Å². The van der Waals surface area contributed by atoms with Crippen LogP contribution in [0.2, 0.25) is 0 Å². The van der Waals surface area contributed by atoms with E-state index in [0.29, 0.717) is 11.0 Å². The van der Waals surface area contributed by atoms with E-state index in [2.05, 4.69) is 0 Å². The van der Waals surface area contributed by atoms with Crippen LogP contribution in [-0.2, 0) is 11.0 Å². The molecular formula is C22H17F3O5. The van der Waals surface area contributed by atoms with Gasteiger partial charge in [0.2, 0.25) is 0 Å². The third-order valence-corrected chi connectivity index (χ3v) is 5.26. The number of halogens is 3. The van der Waals surface area contributed by atoms with Gasteiger partial charge in [0.15, 0.2) is 5.43 Å². The molecule has 8 heteroatoms. The first-order valence-corrected chi connectivity index (χ1v) is 9.28. The number of ether oxygens (including phenoxy) is 1. The monoisotopic (exact) mass is 418 g/mol. The van der Waals surface area contributed by atoms with Crippen LogP contribution >= 0.6 is 0 Å². The number of carboxylic acids is 1. The van der Waals surface area contributed by atoms with Gasteiger partial charge < -0.3 is 14.3 Å². The molecule has 0 radical (unpaired) electrons. The number of carbonyl (C=O) groups is 1. The van der Waals surface area contributed by atoms with Crippen molar-refractivity contribution in [3.8, 4) is 17.1 Å². The highest BCUT2D eigenvalue weighted by Gasteiger charge is 2.39. The molecule has 5 nitrogen and oxygen atoms in total. The molecule has 1 fully saturated rings. The third kappa shape index (κ3) is 3.65. The van der Waals surface area contributed by atoms with E-state index in [-0.39, 0.29) is 29.6 Å². The summed E-state index contributed by atoms with van der Waals surface area (Å²) in [6, 6.07) is 9.62. The lowest BCUT2D eigenvalue weighted by Crippen LogP contribution is -2.38. The molecule has 1 heterocycles. The van der Waals surface area contributed by atoms with Crippen molar-refractivity contribution < 1.29 is 32.2 Å². The molecule has 0 aliphatic heterocycles. The number of alkyl halides is 3. The zero-order chi connectivity index (χ0) is 21.6. The van der Waals surface area contributed by atoms with E-state index in [1.165, 1.54) is 18.2 Å². The maximum absolute atomic E-state index is 13.4. The van der Waals surface area contributed by atoms with Gasteiger partial charge in [0, 0.05) is 11.6 Å². The Kier molecular flexibility index (Phi) is 4.80. The van der Waals surface area contributed by atoms with Gasteiger partial charge in [-0.15, -0.1) is 0 Å². The van der Waals surface area contributed by atoms with Crippen LogP contribution in [0.1, 0.15) is 24.0 Å². The molecule has 2 aromatic carbocycles. The van der Waals surface area contributed by atoms with E-state index in [0.717, 1.165) is 11.6 Å². The molecule has 1 saturated carbocycles. The van der Waals surface area contributed by atoms with Crippen molar-refractivity contribution >= 4 is 16.9 Å². The number of rotatable bonds is 4. The first kappa shape index (κ1) is 20.0. The van der Waals surface area contributed by atoms with Crippen LogP contribution in [-0.4, -0.2) is 17.2 Å². The number of fused-ring (bicyclic) bond motifs is 1. The zero-order valence-corrected chi connectivity index (χ0v) is 15.8. The lowest BCUT2D eigenvalue weighted by Gasteiger charge is -2.33. The summed E-state index contributed by atoms with van der Waals surface area (Å²) >= 11 is 0. The van der Waals surface area contributed by atoms with Crippen LogP contribution < -0.4 is 10.2 Å². The van der Waals surface area contributed by atoms with E-state index in [9.17, 15) is 22.8 Å². The predicted molar refractivity (Wildman–Crippen MR) is 102 cm³/mol. The van der Waals surface area contributed by atoms with Gasteiger partial charge in [-0.3, -0.25) is 9.59 Å². The minimum Gasteiger partial charge on any atom is -0.490 e. The number of aryl methyl sites for hydroxylation is 1. The molecule has 0 atom stereocenters. The highest BCUT2D eigenvalue weighted by Crippen LogP contribution is 2.41. The fraction of sp³-hybridized carbons (Fsp3) is 0.273. The molecule has 156 valence electrons. The lowest BCUT2D eigenvalue weighted by atomic mass is 9.82. The Labute approximate surface area is 168 Å². The minimum absolute atomic E-state index is 0.123. The fourth-order valence-corrected chi connectivity index (χ4v) is 3.51. The highest BCUT2D eigenvalue weighted by molar-refractivity contribution is 5.81. The van der Waals surface area contributed by atoms with Crippen LogP contribution in [0.15, 0.2) is 51.7 Å². The maximum Gasteiger partial charge on any atom is 0.419 e. The highest BCUT2D eigenvalue weighted by atomic mass is 19.4. The molecule has 0 unspecified atom stereocenters. The molecular weight excluding hydrogens is 401 g/mol. The molecule has 3 aromatic rings. The number of benzene rings is 2. The Morgan fingerprint density at radius 3 is 2.57 bits per heavy atom. The van der Waals surface area contributed by atoms with Gasteiger partial charge >= 0.3 is 12.1 Å². The SMILES string of the molecule is Cc1cccc2c(=O)cc(-c3ccc(C(F)(F)F)c(OC4CC(C(=O)O)C4)c3)oc12. The minimum atomic E-state index is -4.65. The fourth-order valence-electron chi connectivity index (χ4n) is 3.51. The Morgan fingerprint density at radius 1 is 1.17 bits per heavy atom. The van der Waals surface area contributed by atoms with Crippen LogP contribution in [0.4, 0.5) is 13.2 Å². The average Bonchev–Trinajstić information content (AvgIpc) is 2.63. The van der Waals surface area contributed by atoms with Gasteiger partial charge in [0.05, 0.1) is 16.9 Å². The smallest absolute Gasteiger partial charge is 0.419 e. The van der Waals surface area contributed by atoms with Crippen molar-refractivity contribution in [2.75, 3.05) is 0 Å². The number of hydrogen-bond donors (Lipinski definition) is 1. The summed E-state index contributed by atoms with van der Waals surface area (Å²) < 4.78 is 51.6. The summed E-state index contributed by atoms with van der Waals surface area (Å²) in [5.74, 6) is -1.90. The topological polar surface area (TPSA) is 76.7 Å². The van der Waals surface area contributed by atoms with E-state index in [4.69, 9.17) is 14.3 Å². The van der Waals surface area contributed by atoms with Gasteiger partial charge in [-0.2, -0.15) is 13.2 Å². The second-order valence-corrected chi connectivity index (χ2v) is 7.38. The standard InChI is InChI=1S/C22H17F3O5/c1-11-3-2-4-15-17(26)10-18(30-20(11)15)12-5-6-16(22(23,24)25)19(9-12)29-14-7-13(8-14)21(27)28/h2-6,9-10,13-14H,7-8H2,1H3,(H,27,28). The summed E-state index contributed by atoms with van der Waals surface area (Å²) in [7, 11) is 0. The first-order valence-electron chi connectivity index (χ1n) is 9.28. The van der Waals surface area contributed by atoms with Gasteiger partial charge in [0.1, 0.15) is 23.2 Å². The predicted octanol–water partition coefficient (Wildman–Crippen LogP) is 5.03. The normalized spacial score (nSPS) is 18.8. The first-order chi connectivity index (χ1) is 14.1. The molecule has 0 amide bonds. The van der Waals surface area contributed by atoms with Crippen LogP contribution in [0.3, 0.4) is 0 Å². The van der Waals surface area contributed by atoms with Crippen LogP contribution in [0.5, 0.6) is 5.75 Å². The van der Waals surface area contributed by atoms with Gasteiger partial charge in [-0.1, -0.05) is 18.2 Å². The van der Waals surface area contributed by atoms with E-state index < -0.39 is 35.5 Å². The van der Waals surface area contributed by atoms with Crippen molar-refractivity contribution in [2.45, 2.75) is 32.0 Å². The average molecular weight is 418 g/mol. The second kappa shape index (κ2) is 7.19. The molecule has 30 heavy (non-hydrogen) atoms. The number of carboxylic acid groups (broad SMARTS) is 1. The molecule has 1 aromatic heterocycles. The Bertz CT molecular complexity index is 1190. The van der Waals surface area contributed by atoms with Gasteiger partial charge in [-0.25, -0.2) is 0 Å². The Balaban J connectivity index is 1.75. The molecule has 1 aliphatic carbocycles. The Morgan fingerprint density at radius 2 is 1.90 bits per heavy atom. The summed E-state index contributed by atoms with van der Waals surface area (Å²) in [4.78, 5) is 23.4. The van der Waals surface area contributed by atoms with E-state index in [1.807, 2.05) is 0 Å². The quantitative estimate of drug-likeness (QED) is 0.643. The number of hydrogen-bond acceptors (Lipinski definition) is 4. The zero-order valence-electron chi connectivity index (χ0n) is 15.8. The van der Waals surface area contributed by atoms with E-state index >= 15 is 0 Å². The van der Waals surface area contributed by atoms with Gasteiger partial charge in [0.25, 0.3) is 0 Å². The lowest BCUT2D eigenvalue weighted by molar-refractivity contribution is -0.149. The second-order valence-electron chi connectivity index (χ2n) is 7.38. The van der Waals surface area contributed by atoms with Crippen molar-refractivity contribution in [1.29, 1.82) is 0 Å². The maximum atomic E-state index is 13.4. The summed E-state index contributed by atoms with van der Waals surface area (Å²) in [5, 5.41) is 9.34. The van der Waals surface area contributed by atoms with Crippen molar-refractivity contribution in [3.63, 3.8) is 0 Å². The third-order valence-electron chi connectivity index (χ3n) is 5.26. The van der Waals surface area contributed by atoms with Crippen molar-refractivity contribution in [1.82, 2.24) is 0 Å². The number of aliphatic carboxylic acids is 1. The largest absolute Gasteiger partial charge is 0.490 e. The molecule has 1 N–H and O–H groups in total.